The molecule has 1 amide bonds. The Balaban J connectivity index is 1.85. The number of ether oxygens (including phenoxy) is 2. The topological polar surface area (TPSA) is 77.4 Å². The van der Waals surface area contributed by atoms with Crippen LogP contribution < -0.4 is 14.4 Å². The molecule has 154 valence electrons. The van der Waals surface area contributed by atoms with Crippen molar-refractivity contribution in [2.45, 2.75) is 20.4 Å². The summed E-state index contributed by atoms with van der Waals surface area (Å²) in [5, 5.41) is 1.40. The fraction of sp³-hybridized carbons (Fsp3) is 0.238. The number of fused-ring (bicyclic) bond motifs is 1. The van der Waals surface area contributed by atoms with Crippen LogP contribution in [-0.2, 0) is 6.54 Å². The molecule has 3 aromatic heterocycles. The Kier molecular flexibility index (Phi) is 5.65. The van der Waals surface area contributed by atoms with E-state index in [2.05, 4.69) is 9.97 Å². The first-order chi connectivity index (χ1) is 14.5. The van der Waals surface area contributed by atoms with E-state index < -0.39 is 0 Å². The van der Waals surface area contributed by atoms with Crippen LogP contribution in [0.15, 0.2) is 36.5 Å². The van der Waals surface area contributed by atoms with Crippen molar-refractivity contribution in [3.05, 3.63) is 57.8 Å². The van der Waals surface area contributed by atoms with Crippen LogP contribution in [0.2, 0.25) is 0 Å². The third kappa shape index (κ3) is 3.73. The maximum atomic E-state index is 13.5. The fourth-order valence-corrected chi connectivity index (χ4v) is 5.06. The largest absolute Gasteiger partial charge is 0.495 e. The number of benzene rings is 1. The standard InChI is InChI=1S/C21H20N4O3S2/c1-12-18(29-13(2)23-12)20(26)25(11-14-7-5-6-10-22-14)21-24-17-15(27-3)8-9-16(28-4)19(17)30-21/h5-10H,11H2,1-4H3. The molecule has 3 heterocycles. The van der Waals surface area contributed by atoms with Gasteiger partial charge in [-0.25, -0.2) is 9.97 Å². The Morgan fingerprint density at radius 3 is 2.43 bits per heavy atom. The first kappa shape index (κ1) is 20.2. The van der Waals surface area contributed by atoms with Crippen molar-refractivity contribution in [1.82, 2.24) is 15.0 Å². The van der Waals surface area contributed by atoms with Crippen molar-refractivity contribution in [2.24, 2.45) is 0 Å². The Hall–Kier alpha value is -3.04. The van der Waals surface area contributed by atoms with E-state index in [-0.39, 0.29) is 5.91 Å². The van der Waals surface area contributed by atoms with Crippen LogP contribution in [0.5, 0.6) is 11.5 Å². The van der Waals surface area contributed by atoms with E-state index in [1.165, 1.54) is 22.7 Å². The van der Waals surface area contributed by atoms with Gasteiger partial charge in [0, 0.05) is 6.20 Å². The lowest BCUT2D eigenvalue weighted by Crippen LogP contribution is -2.30. The summed E-state index contributed by atoms with van der Waals surface area (Å²) in [5.74, 6) is 1.16. The van der Waals surface area contributed by atoms with Gasteiger partial charge in [0.05, 0.1) is 37.2 Å². The predicted molar refractivity (Wildman–Crippen MR) is 119 cm³/mol. The number of carbonyl (C=O) groups is 1. The quantitative estimate of drug-likeness (QED) is 0.435. The predicted octanol–water partition coefficient (Wildman–Crippen LogP) is 4.63. The molecule has 0 bridgehead atoms. The fourth-order valence-electron chi connectivity index (χ4n) is 3.12. The molecule has 0 saturated heterocycles. The highest BCUT2D eigenvalue weighted by Gasteiger charge is 2.27. The van der Waals surface area contributed by atoms with Crippen molar-refractivity contribution >= 4 is 43.9 Å². The first-order valence-electron chi connectivity index (χ1n) is 9.19. The highest BCUT2D eigenvalue weighted by molar-refractivity contribution is 7.23. The minimum Gasteiger partial charge on any atom is -0.495 e. The monoisotopic (exact) mass is 440 g/mol. The maximum Gasteiger partial charge on any atom is 0.272 e. The van der Waals surface area contributed by atoms with Gasteiger partial charge < -0.3 is 9.47 Å². The number of nitrogens with zero attached hydrogens (tertiary/aromatic N) is 4. The zero-order valence-electron chi connectivity index (χ0n) is 17.0. The number of carbonyl (C=O) groups excluding carboxylic acids is 1. The van der Waals surface area contributed by atoms with Gasteiger partial charge in [0.15, 0.2) is 5.13 Å². The van der Waals surface area contributed by atoms with E-state index in [0.717, 1.165) is 15.4 Å². The third-order valence-corrected chi connectivity index (χ3v) is 6.67. The van der Waals surface area contributed by atoms with Crippen LogP contribution in [0.25, 0.3) is 10.2 Å². The number of anilines is 1. The molecule has 0 saturated carbocycles. The van der Waals surface area contributed by atoms with Gasteiger partial charge in [-0.15, -0.1) is 11.3 Å². The second-order valence-corrected chi connectivity index (χ2v) is 8.68. The van der Waals surface area contributed by atoms with E-state index >= 15 is 0 Å². The number of methoxy groups -OCH3 is 2. The highest BCUT2D eigenvalue weighted by atomic mass is 32.1. The summed E-state index contributed by atoms with van der Waals surface area (Å²) in [6, 6.07) is 9.29. The van der Waals surface area contributed by atoms with Crippen molar-refractivity contribution in [2.75, 3.05) is 19.1 Å². The second kappa shape index (κ2) is 8.37. The average molecular weight is 441 g/mol. The van der Waals surface area contributed by atoms with E-state index in [1.807, 2.05) is 44.2 Å². The number of hydrogen-bond acceptors (Lipinski definition) is 8. The van der Waals surface area contributed by atoms with Crippen molar-refractivity contribution < 1.29 is 14.3 Å². The van der Waals surface area contributed by atoms with E-state index in [0.29, 0.717) is 39.3 Å². The van der Waals surface area contributed by atoms with Gasteiger partial charge >= 0.3 is 0 Å². The molecule has 0 aliphatic rings. The van der Waals surface area contributed by atoms with Gasteiger partial charge in [0.2, 0.25) is 0 Å². The van der Waals surface area contributed by atoms with E-state index in [1.54, 1.807) is 25.3 Å². The smallest absolute Gasteiger partial charge is 0.272 e. The second-order valence-electron chi connectivity index (χ2n) is 6.50. The minimum absolute atomic E-state index is 0.152. The molecule has 1 aromatic carbocycles. The highest BCUT2D eigenvalue weighted by Crippen LogP contribution is 2.41. The number of hydrogen-bond donors (Lipinski definition) is 0. The third-order valence-electron chi connectivity index (χ3n) is 4.52. The molecule has 7 nitrogen and oxygen atoms in total. The molecule has 4 aromatic rings. The molecular formula is C21H20N4O3S2. The Labute approximate surface area is 182 Å². The lowest BCUT2D eigenvalue weighted by atomic mass is 10.3. The molecule has 0 spiro atoms. The number of pyridine rings is 1. The minimum atomic E-state index is -0.152. The van der Waals surface area contributed by atoms with E-state index in [9.17, 15) is 4.79 Å². The number of aryl methyl sites for hydroxylation is 2. The number of amides is 1. The Bertz CT molecular complexity index is 1160. The summed E-state index contributed by atoms with van der Waals surface area (Å²) in [4.78, 5) is 29.3. The summed E-state index contributed by atoms with van der Waals surface area (Å²) in [7, 11) is 3.21. The van der Waals surface area contributed by atoms with Crippen LogP contribution in [0.1, 0.15) is 26.1 Å². The summed E-state index contributed by atoms with van der Waals surface area (Å²) < 4.78 is 11.8. The lowest BCUT2D eigenvalue weighted by molar-refractivity contribution is 0.0988. The van der Waals surface area contributed by atoms with Crippen molar-refractivity contribution in [3.8, 4) is 11.5 Å². The zero-order valence-corrected chi connectivity index (χ0v) is 18.6. The Morgan fingerprint density at radius 1 is 1.03 bits per heavy atom. The van der Waals surface area contributed by atoms with Crippen molar-refractivity contribution in [3.63, 3.8) is 0 Å². The number of rotatable bonds is 6. The summed E-state index contributed by atoms with van der Waals surface area (Å²) >= 11 is 2.77. The number of thiazole rings is 2. The van der Waals surface area contributed by atoms with E-state index in [4.69, 9.17) is 14.5 Å². The van der Waals surface area contributed by atoms with Gasteiger partial charge in [-0.3, -0.25) is 14.7 Å². The van der Waals surface area contributed by atoms with Gasteiger partial charge in [-0.1, -0.05) is 17.4 Å². The molecule has 9 heteroatoms. The molecule has 30 heavy (non-hydrogen) atoms. The van der Waals surface area contributed by atoms with Crippen LogP contribution in [0.4, 0.5) is 5.13 Å². The summed E-state index contributed by atoms with van der Waals surface area (Å²) in [5.41, 5.74) is 2.14. The molecule has 0 N–H and O–H groups in total. The SMILES string of the molecule is COc1ccc(OC)c2sc(N(Cc3ccccn3)C(=O)c3sc(C)nc3C)nc12. The molecule has 4 rings (SSSR count). The van der Waals surface area contributed by atoms with Gasteiger partial charge in [-0.2, -0.15) is 0 Å². The Morgan fingerprint density at radius 2 is 1.80 bits per heavy atom. The van der Waals surface area contributed by atoms with Crippen molar-refractivity contribution in [1.29, 1.82) is 0 Å². The molecule has 0 fully saturated rings. The summed E-state index contributed by atoms with van der Waals surface area (Å²) in [6.45, 7) is 4.03. The van der Waals surface area contributed by atoms with Gasteiger partial charge in [0.1, 0.15) is 26.6 Å². The molecule has 0 unspecified atom stereocenters. The number of aromatic nitrogens is 3. The molecular weight excluding hydrogens is 420 g/mol. The van der Waals surface area contributed by atoms with Crippen LogP contribution in [0, 0.1) is 13.8 Å². The first-order valence-corrected chi connectivity index (χ1v) is 10.8. The normalized spacial score (nSPS) is 10.9. The van der Waals surface area contributed by atoms with Crippen LogP contribution >= 0.6 is 22.7 Å². The molecule has 0 atom stereocenters. The lowest BCUT2D eigenvalue weighted by Gasteiger charge is -2.19. The average Bonchev–Trinajstić information content (AvgIpc) is 3.34. The van der Waals surface area contributed by atoms with Gasteiger partial charge in [-0.05, 0) is 38.1 Å². The van der Waals surface area contributed by atoms with Crippen LogP contribution in [0.3, 0.4) is 0 Å². The molecule has 0 radical (unpaired) electrons. The maximum absolute atomic E-state index is 13.5. The zero-order chi connectivity index (χ0) is 21.3. The summed E-state index contributed by atoms with van der Waals surface area (Å²) in [6.07, 6.45) is 1.71. The van der Waals surface area contributed by atoms with Crippen LogP contribution in [-0.4, -0.2) is 35.1 Å². The molecule has 0 aliphatic carbocycles. The van der Waals surface area contributed by atoms with Gasteiger partial charge in [0.25, 0.3) is 5.91 Å². The molecule has 0 aliphatic heterocycles.